The smallest absolute Gasteiger partial charge is 0.0519 e. The van der Waals surface area contributed by atoms with Gasteiger partial charge in [-0.25, -0.2) is 0 Å². The lowest BCUT2D eigenvalue weighted by Crippen LogP contribution is -2.28. The molecule has 2 rings (SSSR count). The van der Waals surface area contributed by atoms with Gasteiger partial charge in [0.1, 0.15) is 0 Å². The zero-order chi connectivity index (χ0) is 13.0. The molecule has 1 aromatic heterocycles. The number of nitrogens with zero attached hydrogens (tertiary/aromatic N) is 1. The third-order valence-corrected chi connectivity index (χ3v) is 3.96. The second-order valence-corrected chi connectivity index (χ2v) is 5.79. The van der Waals surface area contributed by atoms with Crippen LogP contribution >= 0.6 is 11.3 Å². The Morgan fingerprint density at radius 1 is 1.28 bits per heavy atom. The zero-order valence-electron chi connectivity index (χ0n) is 11.0. The van der Waals surface area contributed by atoms with Crippen LogP contribution in [0.2, 0.25) is 0 Å². The van der Waals surface area contributed by atoms with Gasteiger partial charge in [0.2, 0.25) is 0 Å². The molecule has 0 saturated carbocycles. The van der Waals surface area contributed by atoms with Gasteiger partial charge in [-0.3, -0.25) is 0 Å². The van der Waals surface area contributed by atoms with Gasteiger partial charge in [-0.15, -0.1) is 11.3 Å². The Bertz CT molecular complexity index is 479. The minimum absolute atomic E-state index is 0.111. The van der Waals surface area contributed by atoms with Gasteiger partial charge in [0.25, 0.3) is 0 Å². The molecule has 0 fully saturated rings. The Morgan fingerprint density at radius 2 is 2.11 bits per heavy atom. The summed E-state index contributed by atoms with van der Waals surface area (Å²) in [4.78, 5) is 3.53. The summed E-state index contributed by atoms with van der Waals surface area (Å²) in [6.45, 7) is 3.95. The van der Waals surface area contributed by atoms with E-state index in [1.165, 1.54) is 16.0 Å². The van der Waals surface area contributed by atoms with Crippen molar-refractivity contribution < 1.29 is 0 Å². The van der Waals surface area contributed by atoms with Crippen LogP contribution in [0, 0.1) is 6.92 Å². The standard InChI is InChI=1S/C15H20N2S/c1-12-5-3-6-13(9-12)10-17(2)11-14(16)15-7-4-8-18-15/h3-9,14H,10-11,16H2,1-2H3. The predicted molar refractivity (Wildman–Crippen MR) is 78.8 cm³/mol. The van der Waals surface area contributed by atoms with E-state index in [0.717, 1.165) is 13.1 Å². The molecule has 0 saturated heterocycles. The highest BCUT2D eigenvalue weighted by Gasteiger charge is 2.10. The van der Waals surface area contributed by atoms with E-state index in [1.807, 2.05) is 0 Å². The van der Waals surface area contributed by atoms with Crippen LogP contribution in [0.1, 0.15) is 22.0 Å². The average Bonchev–Trinajstić information content (AvgIpc) is 2.81. The van der Waals surface area contributed by atoms with E-state index in [9.17, 15) is 0 Å². The third-order valence-electron chi connectivity index (χ3n) is 2.95. The lowest BCUT2D eigenvalue weighted by Gasteiger charge is -2.20. The van der Waals surface area contributed by atoms with E-state index in [0.29, 0.717) is 0 Å². The lowest BCUT2D eigenvalue weighted by atomic mass is 10.1. The van der Waals surface area contributed by atoms with E-state index < -0.39 is 0 Å². The molecule has 1 heterocycles. The number of likely N-dealkylation sites (N-methyl/N-ethyl adjacent to an activating group) is 1. The lowest BCUT2D eigenvalue weighted by molar-refractivity contribution is 0.306. The fourth-order valence-corrected chi connectivity index (χ4v) is 2.84. The minimum atomic E-state index is 0.111. The summed E-state index contributed by atoms with van der Waals surface area (Å²) < 4.78 is 0. The number of thiophene rings is 1. The first-order valence-corrected chi connectivity index (χ1v) is 7.06. The van der Waals surface area contributed by atoms with Crippen molar-refractivity contribution in [3.63, 3.8) is 0 Å². The Hall–Kier alpha value is -1.16. The van der Waals surface area contributed by atoms with Gasteiger partial charge < -0.3 is 10.6 Å². The van der Waals surface area contributed by atoms with Crippen LogP contribution in [0.25, 0.3) is 0 Å². The molecule has 0 aliphatic carbocycles. The van der Waals surface area contributed by atoms with Crippen LogP contribution in [0.4, 0.5) is 0 Å². The van der Waals surface area contributed by atoms with Crippen molar-refractivity contribution in [3.8, 4) is 0 Å². The SMILES string of the molecule is Cc1cccc(CN(C)CC(N)c2cccs2)c1. The molecule has 0 amide bonds. The highest BCUT2D eigenvalue weighted by Crippen LogP contribution is 2.18. The molecule has 1 unspecified atom stereocenters. The molecule has 0 spiro atoms. The maximum absolute atomic E-state index is 6.19. The molecule has 1 aromatic carbocycles. The number of benzene rings is 1. The van der Waals surface area contributed by atoms with Gasteiger partial charge in [-0.2, -0.15) is 0 Å². The Balaban J connectivity index is 1.91. The first-order valence-electron chi connectivity index (χ1n) is 6.18. The molecule has 0 aliphatic heterocycles. The van der Waals surface area contributed by atoms with Crippen molar-refractivity contribution in [2.75, 3.05) is 13.6 Å². The summed E-state index contributed by atoms with van der Waals surface area (Å²) in [5, 5.41) is 2.08. The second-order valence-electron chi connectivity index (χ2n) is 4.81. The van der Waals surface area contributed by atoms with E-state index in [4.69, 9.17) is 5.73 Å². The summed E-state index contributed by atoms with van der Waals surface area (Å²) in [5.74, 6) is 0. The van der Waals surface area contributed by atoms with E-state index >= 15 is 0 Å². The van der Waals surface area contributed by atoms with Crippen molar-refractivity contribution in [1.29, 1.82) is 0 Å². The Kier molecular flexibility index (Phi) is 4.53. The molecular weight excluding hydrogens is 240 g/mol. The largest absolute Gasteiger partial charge is 0.322 e. The van der Waals surface area contributed by atoms with Crippen molar-refractivity contribution in [1.82, 2.24) is 4.90 Å². The minimum Gasteiger partial charge on any atom is -0.322 e. The van der Waals surface area contributed by atoms with Crippen LogP contribution < -0.4 is 5.73 Å². The number of hydrogen-bond donors (Lipinski definition) is 1. The van der Waals surface area contributed by atoms with Crippen LogP contribution in [-0.2, 0) is 6.54 Å². The predicted octanol–water partition coefficient (Wildman–Crippen LogP) is 3.19. The quantitative estimate of drug-likeness (QED) is 0.894. The van der Waals surface area contributed by atoms with Gasteiger partial charge >= 0.3 is 0 Å². The number of nitrogens with two attached hydrogens (primary N) is 1. The number of hydrogen-bond acceptors (Lipinski definition) is 3. The molecule has 1 atom stereocenters. The van der Waals surface area contributed by atoms with Gasteiger partial charge in [0.05, 0.1) is 6.04 Å². The Labute approximate surface area is 113 Å². The van der Waals surface area contributed by atoms with Crippen molar-refractivity contribution in [2.24, 2.45) is 5.73 Å². The Morgan fingerprint density at radius 3 is 2.78 bits per heavy atom. The average molecular weight is 260 g/mol. The summed E-state index contributed by atoms with van der Waals surface area (Å²) in [7, 11) is 2.12. The molecular formula is C15H20N2S. The third kappa shape index (κ3) is 3.67. The maximum atomic E-state index is 6.19. The van der Waals surface area contributed by atoms with E-state index in [2.05, 4.69) is 60.6 Å². The number of aryl methyl sites for hydroxylation is 1. The fourth-order valence-electron chi connectivity index (χ4n) is 2.11. The monoisotopic (exact) mass is 260 g/mol. The molecule has 18 heavy (non-hydrogen) atoms. The molecule has 0 aliphatic rings. The van der Waals surface area contributed by atoms with Crippen LogP contribution in [0.5, 0.6) is 0 Å². The first-order chi connectivity index (χ1) is 8.65. The van der Waals surface area contributed by atoms with Gasteiger partial charge in [-0.05, 0) is 31.0 Å². The van der Waals surface area contributed by atoms with Gasteiger partial charge in [0.15, 0.2) is 0 Å². The summed E-state index contributed by atoms with van der Waals surface area (Å²) in [5.41, 5.74) is 8.84. The molecule has 2 N–H and O–H groups in total. The summed E-state index contributed by atoms with van der Waals surface area (Å²) in [6.07, 6.45) is 0. The van der Waals surface area contributed by atoms with Crippen LogP contribution in [-0.4, -0.2) is 18.5 Å². The van der Waals surface area contributed by atoms with Crippen molar-refractivity contribution in [2.45, 2.75) is 19.5 Å². The van der Waals surface area contributed by atoms with Crippen molar-refractivity contribution in [3.05, 3.63) is 57.8 Å². The normalized spacial score (nSPS) is 12.9. The molecule has 2 aromatic rings. The zero-order valence-corrected chi connectivity index (χ0v) is 11.8. The molecule has 2 nitrogen and oxygen atoms in total. The first kappa shape index (κ1) is 13.3. The highest BCUT2D eigenvalue weighted by atomic mass is 32.1. The highest BCUT2D eigenvalue weighted by molar-refractivity contribution is 7.10. The summed E-state index contributed by atoms with van der Waals surface area (Å²) in [6, 6.07) is 12.9. The summed E-state index contributed by atoms with van der Waals surface area (Å²) >= 11 is 1.73. The molecule has 3 heteroatoms. The van der Waals surface area contributed by atoms with Crippen LogP contribution in [0.15, 0.2) is 41.8 Å². The second kappa shape index (κ2) is 6.14. The van der Waals surface area contributed by atoms with Crippen molar-refractivity contribution >= 4 is 11.3 Å². The molecule has 0 bridgehead atoms. The van der Waals surface area contributed by atoms with Gasteiger partial charge in [-0.1, -0.05) is 35.9 Å². The van der Waals surface area contributed by atoms with Crippen LogP contribution in [0.3, 0.4) is 0 Å². The topological polar surface area (TPSA) is 29.3 Å². The molecule has 0 radical (unpaired) electrons. The van der Waals surface area contributed by atoms with Gasteiger partial charge in [0, 0.05) is 18.0 Å². The maximum Gasteiger partial charge on any atom is 0.0519 e. The van der Waals surface area contributed by atoms with E-state index in [-0.39, 0.29) is 6.04 Å². The van der Waals surface area contributed by atoms with E-state index in [1.54, 1.807) is 11.3 Å². The molecule has 96 valence electrons. The fraction of sp³-hybridized carbons (Fsp3) is 0.333. The number of rotatable bonds is 5.